The summed E-state index contributed by atoms with van der Waals surface area (Å²) in [5.74, 6) is 0.740. The molecule has 6 nitrogen and oxygen atoms in total. The zero-order chi connectivity index (χ0) is 17.4. The lowest BCUT2D eigenvalue weighted by atomic mass is 9.77. The van der Waals surface area contributed by atoms with Crippen LogP contribution in [-0.4, -0.2) is 21.2 Å². The van der Waals surface area contributed by atoms with E-state index in [-0.39, 0.29) is 23.4 Å². The second-order valence-electron chi connectivity index (χ2n) is 6.25. The SMILES string of the molecule is Cc1ccc(C2CC(Oc3cnc(-c4cc(=O)[nH]o4)cn3)C2)c(F)c1. The fraction of sp³-hybridized carbons (Fsp3) is 0.278. The highest BCUT2D eigenvalue weighted by atomic mass is 19.1. The van der Waals surface area contributed by atoms with Gasteiger partial charge in [0.15, 0.2) is 5.76 Å². The molecule has 1 aliphatic rings. The third kappa shape index (κ3) is 3.17. The molecule has 0 radical (unpaired) electrons. The molecule has 2 aromatic heterocycles. The van der Waals surface area contributed by atoms with Gasteiger partial charge in [-0.25, -0.2) is 14.4 Å². The van der Waals surface area contributed by atoms with Crippen molar-refractivity contribution in [1.82, 2.24) is 15.1 Å². The number of aryl methyl sites for hydroxylation is 1. The average molecular weight is 341 g/mol. The number of aromatic nitrogens is 3. The first-order valence-electron chi connectivity index (χ1n) is 8.02. The van der Waals surface area contributed by atoms with Crippen LogP contribution >= 0.6 is 0 Å². The third-order valence-electron chi connectivity index (χ3n) is 4.38. The number of hydrogen-bond donors (Lipinski definition) is 1. The summed E-state index contributed by atoms with van der Waals surface area (Å²) >= 11 is 0. The van der Waals surface area contributed by atoms with Crippen molar-refractivity contribution in [2.45, 2.75) is 31.8 Å². The number of nitrogens with one attached hydrogen (secondary N) is 1. The first-order chi connectivity index (χ1) is 12.1. The topological polar surface area (TPSA) is 81.0 Å². The van der Waals surface area contributed by atoms with Gasteiger partial charge in [-0.1, -0.05) is 12.1 Å². The van der Waals surface area contributed by atoms with Gasteiger partial charge in [0.2, 0.25) is 5.88 Å². The molecule has 0 amide bonds. The van der Waals surface area contributed by atoms with Crippen molar-refractivity contribution in [3.63, 3.8) is 0 Å². The summed E-state index contributed by atoms with van der Waals surface area (Å²) in [5.41, 5.74) is 1.77. The minimum atomic E-state index is -0.332. The van der Waals surface area contributed by atoms with Gasteiger partial charge in [0.1, 0.15) is 17.6 Å². The maximum atomic E-state index is 14.0. The van der Waals surface area contributed by atoms with E-state index >= 15 is 0 Å². The summed E-state index contributed by atoms with van der Waals surface area (Å²) in [6, 6.07) is 6.64. The maximum absolute atomic E-state index is 14.0. The Bertz CT molecular complexity index is 943. The number of aromatic amines is 1. The average Bonchev–Trinajstić information content (AvgIpc) is 2.99. The molecule has 0 bridgehead atoms. The molecule has 128 valence electrons. The lowest BCUT2D eigenvalue weighted by molar-refractivity contribution is 0.0918. The summed E-state index contributed by atoms with van der Waals surface area (Å²) in [6.07, 6.45) is 4.46. The smallest absolute Gasteiger partial charge is 0.280 e. The Morgan fingerprint density at radius 1 is 1.24 bits per heavy atom. The largest absolute Gasteiger partial charge is 0.473 e. The Morgan fingerprint density at radius 2 is 2.08 bits per heavy atom. The highest BCUT2D eigenvalue weighted by Gasteiger charge is 2.34. The fourth-order valence-electron chi connectivity index (χ4n) is 2.96. The van der Waals surface area contributed by atoms with Crippen LogP contribution in [0.15, 0.2) is 46.0 Å². The molecule has 0 aliphatic heterocycles. The van der Waals surface area contributed by atoms with Gasteiger partial charge in [-0.3, -0.25) is 4.79 Å². The van der Waals surface area contributed by atoms with Gasteiger partial charge in [-0.15, -0.1) is 0 Å². The quantitative estimate of drug-likeness (QED) is 0.788. The molecule has 0 saturated heterocycles. The van der Waals surface area contributed by atoms with E-state index in [1.165, 1.54) is 18.5 Å². The van der Waals surface area contributed by atoms with Crippen molar-refractivity contribution in [3.8, 4) is 17.3 Å². The molecule has 1 saturated carbocycles. The van der Waals surface area contributed by atoms with Gasteiger partial charge < -0.3 is 9.26 Å². The zero-order valence-corrected chi connectivity index (χ0v) is 13.5. The standard InChI is InChI=1S/C18H16FN3O3/c1-10-2-3-13(14(19)4-10)11-5-12(6-11)24-18-9-20-15(8-21-18)16-7-17(23)22-25-16/h2-4,7-9,11-12H,5-6H2,1H3,(H,22,23). The molecule has 1 aliphatic carbocycles. The Kier molecular flexibility index (Phi) is 3.83. The molecule has 1 fully saturated rings. The molecular formula is C18H16FN3O3. The molecule has 0 atom stereocenters. The number of halogens is 1. The number of nitrogens with zero attached hydrogens (tertiary/aromatic N) is 2. The van der Waals surface area contributed by atoms with Crippen molar-refractivity contribution >= 4 is 0 Å². The summed E-state index contributed by atoms with van der Waals surface area (Å²) < 4.78 is 24.7. The lowest BCUT2D eigenvalue weighted by Crippen LogP contribution is -2.33. The van der Waals surface area contributed by atoms with E-state index in [1.807, 2.05) is 19.1 Å². The lowest BCUT2D eigenvalue weighted by Gasteiger charge is -2.35. The van der Waals surface area contributed by atoms with Crippen molar-refractivity contribution in [2.75, 3.05) is 0 Å². The van der Waals surface area contributed by atoms with Crippen molar-refractivity contribution in [1.29, 1.82) is 0 Å². The van der Waals surface area contributed by atoms with Gasteiger partial charge >= 0.3 is 0 Å². The maximum Gasteiger partial charge on any atom is 0.280 e. The molecule has 1 aromatic carbocycles. The number of ether oxygens (including phenoxy) is 1. The number of rotatable bonds is 4. The van der Waals surface area contributed by atoms with Crippen LogP contribution in [0, 0.1) is 12.7 Å². The molecule has 7 heteroatoms. The minimum Gasteiger partial charge on any atom is -0.473 e. The first kappa shape index (κ1) is 15.6. The summed E-state index contributed by atoms with van der Waals surface area (Å²) in [6.45, 7) is 1.88. The van der Waals surface area contributed by atoms with E-state index in [1.54, 1.807) is 6.07 Å². The number of benzene rings is 1. The van der Waals surface area contributed by atoms with Crippen LogP contribution in [0.1, 0.15) is 29.9 Å². The Labute approximate surface area is 142 Å². The highest BCUT2D eigenvalue weighted by molar-refractivity contribution is 5.49. The monoisotopic (exact) mass is 341 g/mol. The normalized spacial score (nSPS) is 19.4. The molecule has 0 spiro atoms. The Morgan fingerprint density at radius 3 is 2.72 bits per heavy atom. The highest BCUT2D eigenvalue weighted by Crippen LogP contribution is 2.40. The summed E-state index contributed by atoms with van der Waals surface area (Å²) in [4.78, 5) is 19.4. The van der Waals surface area contributed by atoms with Crippen LogP contribution in [0.5, 0.6) is 5.88 Å². The van der Waals surface area contributed by atoms with E-state index in [0.29, 0.717) is 17.3 Å². The molecule has 3 aromatic rings. The molecule has 4 rings (SSSR count). The van der Waals surface area contributed by atoms with E-state index in [4.69, 9.17) is 9.26 Å². The third-order valence-corrected chi connectivity index (χ3v) is 4.38. The Balaban J connectivity index is 1.37. The number of hydrogen-bond acceptors (Lipinski definition) is 5. The molecule has 25 heavy (non-hydrogen) atoms. The van der Waals surface area contributed by atoms with Crippen LogP contribution < -0.4 is 10.3 Å². The van der Waals surface area contributed by atoms with Crippen molar-refractivity contribution < 1.29 is 13.7 Å². The summed E-state index contributed by atoms with van der Waals surface area (Å²) in [7, 11) is 0. The van der Waals surface area contributed by atoms with Crippen LogP contribution in [0.4, 0.5) is 4.39 Å². The van der Waals surface area contributed by atoms with Gasteiger partial charge in [0, 0.05) is 0 Å². The van der Waals surface area contributed by atoms with E-state index in [2.05, 4.69) is 15.1 Å². The predicted octanol–water partition coefficient (Wildman–Crippen LogP) is 3.20. The van der Waals surface area contributed by atoms with Crippen LogP contribution in [0.3, 0.4) is 0 Å². The van der Waals surface area contributed by atoms with E-state index in [0.717, 1.165) is 24.0 Å². The second kappa shape index (κ2) is 6.16. The fourth-order valence-corrected chi connectivity index (χ4v) is 2.96. The second-order valence-corrected chi connectivity index (χ2v) is 6.25. The van der Waals surface area contributed by atoms with Crippen LogP contribution in [-0.2, 0) is 0 Å². The Hall–Kier alpha value is -2.96. The van der Waals surface area contributed by atoms with Crippen LogP contribution in [0.25, 0.3) is 11.5 Å². The van der Waals surface area contributed by atoms with Gasteiger partial charge in [0.05, 0.1) is 18.5 Å². The van der Waals surface area contributed by atoms with Crippen molar-refractivity contribution in [3.05, 3.63) is 64.0 Å². The van der Waals surface area contributed by atoms with E-state index < -0.39 is 0 Å². The predicted molar refractivity (Wildman–Crippen MR) is 87.9 cm³/mol. The van der Waals surface area contributed by atoms with Crippen molar-refractivity contribution in [2.24, 2.45) is 0 Å². The van der Waals surface area contributed by atoms with Crippen LogP contribution in [0.2, 0.25) is 0 Å². The van der Waals surface area contributed by atoms with Gasteiger partial charge in [-0.2, -0.15) is 5.16 Å². The molecule has 0 unspecified atom stereocenters. The first-order valence-corrected chi connectivity index (χ1v) is 8.02. The number of H-pyrrole nitrogens is 1. The molecule has 1 N–H and O–H groups in total. The molecular weight excluding hydrogens is 325 g/mol. The minimum absolute atomic E-state index is 0.00366. The molecule has 2 heterocycles. The zero-order valence-electron chi connectivity index (χ0n) is 13.5. The van der Waals surface area contributed by atoms with Gasteiger partial charge in [0.25, 0.3) is 5.56 Å². The van der Waals surface area contributed by atoms with Gasteiger partial charge in [-0.05, 0) is 42.9 Å². The van der Waals surface area contributed by atoms with E-state index in [9.17, 15) is 9.18 Å². The summed E-state index contributed by atoms with van der Waals surface area (Å²) in [5, 5.41) is 2.20.